The van der Waals surface area contributed by atoms with Gasteiger partial charge in [0.2, 0.25) is 5.78 Å². The van der Waals surface area contributed by atoms with Crippen LogP contribution >= 0.6 is 11.8 Å². The van der Waals surface area contributed by atoms with E-state index in [0.29, 0.717) is 22.7 Å². The van der Waals surface area contributed by atoms with Gasteiger partial charge in [0.05, 0.1) is 23.2 Å². The zero-order valence-electron chi connectivity index (χ0n) is 13.8. The molecule has 0 aliphatic heterocycles. The molecule has 0 aliphatic carbocycles. The first-order valence-corrected chi connectivity index (χ1v) is 9.03. The fraction of sp³-hybridized carbons (Fsp3) is 0.167. The van der Waals surface area contributed by atoms with Crippen molar-refractivity contribution in [3.05, 3.63) is 70.5 Å². The van der Waals surface area contributed by atoms with E-state index in [1.165, 1.54) is 8.97 Å². The lowest BCUT2D eigenvalue weighted by Gasteiger charge is -2.11. The lowest BCUT2D eigenvalue weighted by Crippen LogP contribution is -2.24. The van der Waals surface area contributed by atoms with Crippen LogP contribution in [-0.2, 0) is 6.54 Å². The highest BCUT2D eigenvalue weighted by molar-refractivity contribution is 7.99. The van der Waals surface area contributed by atoms with Crippen LogP contribution in [0.15, 0.2) is 64.5 Å². The second-order valence-corrected chi connectivity index (χ2v) is 6.86. The maximum atomic E-state index is 13.0. The summed E-state index contributed by atoms with van der Waals surface area (Å²) in [6.45, 7) is 0.246. The number of alkyl halides is 3. The standard InChI is InChI=1S/C18H13F3N4OS/c19-18(20,21)11-27-17-23-22-16-24(10-12-6-2-1-3-7-12)15(26)13-8-4-5-9-14(13)25(16)17/h1-9H,10-11H2. The Kier molecular flexibility index (Phi) is 4.39. The van der Waals surface area contributed by atoms with Crippen LogP contribution in [-0.4, -0.2) is 31.1 Å². The van der Waals surface area contributed by atoms with Crippen molar-refractivity contribution in [2.24, 2.45) is 0 Å². The maximum absolute atomic E-state index is 13.0. The molecule has 0 N–H and O–H groups in total. The summed E-state index contributed by atoms with van der Waals surface area (Å²) >= 11 is 0.548. The predicted octanol–water partition coefficient (Wildman–Crippen LogP) is 3.75. The number of benzene rings is 2. The fourth-order valence-corrected chi connectivity index (χ4v) is 3.58. The molecule has 0 bridgehead atoms. The summed E-state index contributed by atoms with van der Waals surface area (Å²) in [6.07, 6.45) is -4.33. The molecule has 0 aliphatic rings. The van der Waals surface area contributed by atoms with Crippen molar-refractivity contribution < 1.29 is 13.2 Å². The topological polar surface area (TPSA) is 52.2 Å². The summed E-state index contributed by atoms with van der Waals surface area (Å²) in [5, 5.41) is 8.42. The van der Waals surface area contributed by atoms with Gasteiger partial charge in [-0.3, -0.25) is 13.8 Å². The van der Waals surface area contributed by atoms with Crippen LogP contribution in [0, 0.1) is 0 Å². The summed E-state index contributed by atoms with van der Waals surface area (Å²) in [4.78, 5) is 13.0. The molecule has 0 unspecified atom stereocenters. The third-order valence-electron chi connectivity index (χ3n) is 4.03. The molecule has 0 amide bonds. The molecular formula is C18H13F3N4OS. The third-order valence-corrected chi connectivity index (χ3v) is 5.02. The van der Waals surface area contributed by atoms with E-state index in [4.69, 9.17) is 0 Å². The lowest BCUT2D eigenvalue weighted by atomic mass is 10.2. The number of rotatable bonds is 4. The first-order chi connectivity index (χ1) is 12.9. The fourth-order valence-electron chi connectivity index (χ4n) is 2.88. The van der Waals surface area contributed by atoms with Crippen LogP contribution in [0.4, 0.5) is 13.2 Å². The van der Waals surface area contributed by atoms with Gasteiger partial charge in [-0.2, -0.15) is 13.2 Å². The van der Waals surface area contributed by atoms with Crippen LogP contribution in [0.1, 0.15) is 5.56 Å². The van der Waals surface area contributed by atoms with Crippen molar-refractivity contribution in [1.82, 2.24) is 19.2 Å². The predicted molar refractivity (Wildman–Crippen MR) is 97.1 cm³/mol. The SMILES string of the molecule is O=c1c2ccccc2n2c(SCC(F)(F)F)nnc2n1Cc1ccccc1. The second-order valence-electron chi connectivity index (χ2n) is 5.92. The highest BCUT2D eigenvalue weighted by Gasteiger charge is 2.29. The molecular weight excluding hydrogens is 377 g/mol. The normalized spacial score (nSPS) is 12.1. The summed E-state index contributed by atoms with van der Waals surface area (Å²) in [5.41, 5.74) is 1.10. The van der Waals surface area contributed by atoms with Gasteiger partial charge < -0.3 is 0 Å². The van der Waals surface area contributed by atoms with E-state index < -0.39 is 11.9 Å². The van der Waals surface area contributed by atoms with E-state index in [2.05, 4.69) is 10.2 Å². The first-order valence-electron chi connectivity index (χ1n) is 8.04. The van der Waals surface area contributed by atoms with Crippen LogP contribution in [0.3, 0.4) is 0 Å². The summed E-state index contributed by atoms with van der Waals surface area (Å²) in [5.74, 6) is -0.868. The third kappa shape index (κ3) is 3.42. The van der Waals surface area contributed by atoms with Crippen molar-refractivity contribution in [2.75, 3.05) is 5.75 Å². The number of halogens is 3. The molecule has 0 saturated carbocycles. The molecule has 0 saturated heterocycles. The maximum Gasteiger partial charge on any atom is 0.398 e. The number of hydrogen-bond donors (Lipinski definition) is 0. The van der Waals surface area contributed by atoms with Crippen molar-refractivity contribution in [1.29, 1.82) is 0 Å². The van der Waals surface area contributed by atoms with Crippen molar-refractivity contribution in [3.63, 3.8) is 0 Å². The van der Waals surface area contributed by atoms with Crippen LogP contribution in [0.2, 0.25) is 0 Å². The molecule has 4 aromatic rings. The van der Waals surface area contributed by atoms with Gasteiger partial charge in [0.15, 0.2) is 5.16 Å². The molecule has 0 radical (unpaired) electrons. The number of fused-ring (bicyclic) bond motifs is 3. The Balaban J connectivity index is 1.93. The molecule has 2 aromatic heterocycles. The minimum Gasteiger partial charge on any atom is -0.272 e. The van der Waals surface area contributed by atoms with E-state index in [-0.39, 0.29) is 23.0 Å². The van der Waals surface area contributed by atoms with Gasteiger partial charge in [-0.1, -0.05) is 54.2 Å². The largest absolute Gasteiger partial charge is 0.398 e. The van der Waals surface area contributed by atoms with E-state index in [0.717, 1.165) is 5.56 Å². The first kappa shape index (κ1) is 17.6. The molecule has 0 atom stereocenters. The minimum absolute atomic E-state index is 0.0975. The molecule has 5 nitrogen and oxygen atoms in total. The molecule has 2 heterocycles. The molecule has 4 rings (SSSR count). The average Bonchev–Trinajstić information content (AvgIpc) is 3.08. The quantitative estimate of drug-likeness (QED) is 0.498. The zero-order chi connectivity index (χ0) is 19.0. The zero-order valence-corrected chi connectivity index (χ0v) is 14.7. The molecule has 138 valence electrons. The van der Waals surface area contributed by atoms with Crippen LogP contribution < -0.4 is 5.56 Å². The Labute approximate surface area is 155 Å². The highest BCUT2D eigenvalue weighted by atomic mass is 32.2. The molecule has 0 fully saturated rings. The van der Waals surface area contributed by atoms with Gasteiger partial charge in [0, 0.05) is 0 Å². The smallest absolute Gasteiger partial charge is 0.272 e. The number of hydrogen-bond acceptors (Lipinski definition) is 4. The van der Waals surface area contributed by atoms with E-state index in [1.807, 2.05) is 30.3 Å². The summed E-state index contributed by atoms with van der Waals surface area (Å²) in [6, 6.07) is 16.1. The van der Waals surface area contributed by atoms with E-state index >= 15 is 0 Å². The summed E-state index contributed by atoms with van der Waals surface area (Å²) in [7, 11) is 0. The van der Waals surface area contributed by atoms with Gasteiger partial charge in [-0.15, -0.1) is 10.2 Å². The molecule has 2 aromatic carbocycles. The number of thioether (sulfide) groups is 1. The van der Waals surface area contributed by atoms with E-state index in [1.54, 1.807) is 24.3 Å². The Morgan fingerprint density at radius 1 is 0.963 bits per heavy atom. The van der Waals surface area contributed by atoms with Gasteiger partial charge >= 0.3 is 6.18 Å². The average molecular weight is 390 g/mol. The van der Waals surface area contributed by atoms with Crippen molar-refractivity contribution >= 4 is 28.4 Å². The van der Waals surface area contributed by atoms with Gasteiger partial charge in [-0.25, -0.2) is 0 Å². The Hall–Kier alpha value is -2.81. The van der Waals surface area contributed by atoms with Gasteiger partial charge in [0.1, 0.15) is 0 Å². The monoisotopic (exact) mass is 390 g/mol. The second kappa shape index (κ2) is 6.73. The number of nitrogens with zero attached hydrogens (tertiary/aromatic N) is 4. The van der Waals surface area contributed by atoms with Gasteiger partial charge in [-0.05, 0) is 17.7 Å². The van der Waals surface area contributed by atoms with Gasteiger partial charge in [0.25, 0.3) is 5.56 Å². The minimum atomic E-state index is -4.33. The molecule has 0 spiro atoms. The van der Waals surface area contributed by atoms with Crippen LogP contribution in [0.25, 0.3) is 16.7 Å². The Morgan fingerprint density at radius 3 is 2.41 bits per heavy atom. The number of para-hydroxylation sites is 1. The van der Waals surface area contributed by atoms with Crippen molar-refractivity contribution in [3.8, 4) is 0 Å². The summed E-state index contributed by atoms with van der Waals surface area (Å²) < 4.78 is 40.9. The van der Waals surface area contributed by atoms with Crippen LogP contribution in [0.5, 0.6) is 0 Å². The molecule has 9 heteroatoms. The molecule has 27 heavy (non-hydrogen) atoms. The Morgan fingerprint density at radius 2 is 1.67 bits per heavy atom. The highest BCUT2D eigenvalue weighted by Crippen LogP contribution is 2.28. The lowest BCUT2D eigenvalue weighted by molar-refractivity contribution is -0.105. The Bertz CT molecular complexity index is 1170. The van der Waals surface area contributed by atoms with E-state index in [9.17, 15) is 18.0 Å². The van der Waals surface area contributed by atoms with Crippen molar-refractivity contribution in [2.45, 2.75) is 17.9 Å². The number of aromatic nitrogens is 4.